The van der Waals surface area contributed by atoms with Crippen LogP contribution in [0.1, 0.15) is 25.0 Å². The van der Waals surface area contributed by atoms with Crippen LogP contribution in [0.25, 0.3) is 0 Å². The van der Waals surface area contributed by atoms with Crippen molar-refractivity contribution in [3.8, 4) is 0 Å². The predicted octanol–water partition coefficient (Wildman–Crippen LogP) is 2.33. The number of nitrogens with zero attached hydrogens (tertiary/aromatic N) is 2. The minimum Gasteiger partial charge on any atom is -0.379 e. The molecule has 1 aromatic rings. The number of β-lactam (4-membered cyclic amide) rings is 1. The summed E-state index contributed by atoms with van der Waals surface area (Å²) in [6, 6.07) is 6.28. The van der Waals surface area contributed by atoms with Gasteiger partial charge in [-0.05, 0) is 51.0 Å². The summed E-state index contributed by atoms with van der Waals surface area (Å²) in [7, 11) is 0. The molecule has 1 unspecified atom stereocenters. The zero-order valence-corrected chi connectivity index (χ0v) is 13.3. The molecule has 3 rings (SSSR count). The van der Waals surface area contributed by atoms with E-state index in [0.717, 1.165) is 32.0 Å². The first-order valence-electron chi connectivity index (χ1n) is 7.65. The van der Waals surface area contributed by atoms with Crippen LogP contribution in [-0.4, -0.2) is 43.3 Å². The maximum absolute atomic E-state index is 12.6. The highest BCUT2D eigenvalue weighted by Gasteiger charge is 2.57. The third-order valence-electron chi connectivity index (χ3n) is 4.82. The number of amides is 1. The van der Waals surface area contributed by atoms with Crippen molar-refractivity contribution in [3.05, 3.63) is 29.3 Å². The summed E-state index contributed by atoms with van der Waals surface area (Å²) in [5.74, 6) is 0.210. The van der Waals surface area contributed by atoms with E-state index in [1.54, 1.807) is 0 Å². The van der Waals surface area contributed by atoms with Crippen LogP contribution >= 0.6 is 0 Å². The van der Waals surface area contributed by atoms with Gasteiger partial charge in [-0.2, -0.15) is 0 Å². The van der Waals surface area contributed by atoms with E-state index in [1.165, 1.54) is 11.1 Å². The topological polar surface area (TPSA) is 32.8 Å². The van der Waals surface area contributed by atoms with Crippen molar-refractivity contribution in [2.75, 3.05) is 31.2 Å². The van der Waals surface area contributed by atoms with Gasteiger partial charge in [-0.25, -0.2) is 0 Å². The molecule has 0 N–H and O–H groups in total. The molecule has 0 spiro atoms. The first-order chi connectivity index (χ1) is 9.93. The molecule has 1 amide bonds. The van der Waals surface area contributed by atoms with Crippen molar-refractivity contribution < 1.29 is 9.53 Å². The Morgan fingerprint density at radius 2 is 1.81 bits per heavy atom. The van der Waals surface area contributed by atoms with Gasteiger partial charge < -0.3 is 4.74 Å². The van der Waals surface area contributed by atoms with Crippen LogP contribution in [0.5, 0.6) is 0 Å². The second-order valence-corrected chi connectivity index (χ2v) is 6.69. The number of ether oxygens (including phenoxy) is 1. The number of benzene rings is 1. The third kappa shape index (κ3) is 2.27. The molecule has 114 valence electrons. The fourth-order valence-corrected chi connectivity index (χ4v) is 3.36. The van der Waals surface area contributed by atoms with Crippen molar-refractivity contribution in [1.82, 2.24) is 4.90 Å². The van der Waals surface area contributed by atoms with Gasteiger partial charge in [0.25, 0.3) is 0 Å². The monoisotopic (exact) mass is 288 g/mol. The lowest BCUT2D eigenvalue weighted by atomic mass is 9.77. The molecule has 2 aliphatic heterocycles. The summed E-state index contributed by atoms with van der Waals surface area (Å²) in [4.78, 5) is 16.9. The van der Waals surface area contributed by atoms with Gasteiger partial charge in [-0.15, -0.1) is 0 Å². The first-order valence-corrected chi connectivity index (χ1v) is 7.65. The normalized spacial score (nSPS) is 25.8. The van der Waals surface area contributed by atoms with Gasteiger partial charge >= 0.3 is 0 Å². The number of anilines is 1. The molecule has 4 nitrogen and oxygen atoms in total. The number of aryl methyl sites for hydroxylation is 2. The van der Waals surface area contributed by atoms with Crippen molar-refractivity contribution in [1.29, 1.82) is 0 Å². The summed E-state index contributed by atoms with van der Waals surface area (Å²) >= 11 is 0. The number of rotatable bonds is 2. The highest BCUT2D eigenvalue weighted by Crippen LogP contribution is 2.44. The Kier molecular flexibility index (Phi) is 3.54. The van der Waals surface area contributed by atoms with Crippen LogP contribution in [0.3, 0.4) is 0 Å². The zero-order valence-electron chi connectivity index (χ0n) is 13.3. The van der Waals surface area contributed by atoms with E-state index in [2.05, 4.69) is 36.9 Å². The van der Waals surface area contributed by atoms with Gasteiger partial charge in [0.05, 0.1) is 18.6 Å². The number of hydrogen-bond donors (Lipinski definition) is 0. The second-order valence-electron chi connectivity index (χ2n) is 6.69. The maximum Gasteiger partial charge on any atom is 0.237 e. The summed E-state index contributed by atoms with van der Waals surface area (Å²) in [6.45, 7) is 11.6. The Balaban J connectivity index is 1.92. The SMILES string of the molecule is Cc1ccc(N2C(=O)C(C)(C)C2N2CCOCC2)cc1C. The van der Waals surface area contributed by atoms with Gasteiger partial charge in [-0.1, -0.05) is 6.07 Å². The van der Waals surface area contributed by atoms with Gasteiger partial charge in [0.15, 0.2) is 0 Å². The van der Waals surface area contributed by atoms with Crippen LogP contribution < -0.4 is 4.90 Å². The second kappa shape index (κ2) is 5.11. The zero-order chi connectivity index (χ0) is 15.2. The molecule has 0 aromatic heterocycles. The molecular formula is C17H24N2O2. The van der Waals surface area contributed by atoms with Crippen LogP contribution in [0.15, 0.2) is 18.2 Å². The largest absolute Gasteiger partial charge is 0.379 e. The van der Waals surface area contributed by atoms with Gasteiger partial charge in [0.2, 0.25) is 5.91 Å². The van der Waals surface area contributed by atoms with Gasteiger partial charge in [0.1, 0.15) is 6.17 Å². The standard InChI is InChI=1S/C17H24N2O2/c1-12-5-6-14(11-13(12)2)19-15(17(3,4)16(19)20)18-7-9-21-10-8-18/h5-6,11,15H,7-10H2,1-4H3. The van der Waals surface area contributed by atoms with Gasteiger partial charge in [0, 0.05) is 18.8 Å². The van der Waals surface area contributed by atoms with Crippen LogP contribution in [-0.2, 0) is 9.53 Å². The summed E-state index contributed by atoms with van der Waals surface area (Å²) < 4.78 is 5.44. The number of carbonyl (C=O) groups is 1. The van der Waals surface area contributed by atoms with Crippen molar-refractivity contribution in [2.45, 2.75) is 33.9 Å². The van der Waals surface area contributed by atoms with E-state index in [1.807, 2.05) is 18.7 Å². The van der Waals surface area contributed by atoms with Gasteiger partial charge in [-0.3, -0.25) is 14.6 Å². The number of morpholine rings is 1. The summed E-state index contributed by atoms with van der Waals surface area (Å²) in [5.41, 5.74) is 3.18. The summed E-state index contributed by atoms with van der Waals surface area (Å²) in [6.07, 6.45) is 0.135. The Bertz CT molecular complexity index is 562. The molecule has 2 heterocycles. The third-order valence-corrected chi connectivity index (χ3v) is 4.82. The molecular weight excluding hydrogens is 264 g/mol. The molecule has 0 aliphatic carbocycles. The highest BCUT2D eigenvalue weighted by atomic mass is 16.5. The average Bonchev–Trinajstić information content (AvgIpc) is 2.48. The fourth-order valence-electron chi connectivity index (χ4n) is 3.36. The van der Waals surface area contributed by atoms with Crippen LogP contribution in [0, 0.1) is 19.3 Å². The smallest absolute Gasteiger partial charge is 0.237 e. The molecule has 2 fully saturated rings. The highest BCUT2D eigenvalue weighted by molar-refractivity contribution is 6.05. The lowest BCUT2D eigenvalue weighted by molar-refractivity contribution is -0.147. The van der Waals surface area contributed by atoms with Crippen molar-refractivity contribution in [2.24, 2.45) is 5.41 Å². The molecule has 2 aliphatic rings. The predicted molar refractivity (Wildman–Crippen MR) is 83.4 cm³/mol. The van der Waals surface area contributed by atoms with Crippen molar-refractivity contribution in [3.63, 3.8) is 0 Å². The van der Waals surface area contributed by atoms with E-state index < -0.39 is 0 Å². The molecule has 0 bridgehead atoms. The quantitative estimate of drug-likeness (QED) is 0.783. The first kappa shape index (κ1) is 14.5. The average molecular weight is 288 g/mol. The van der Waals surface area contributed by atoms with E-state index in [4.69, 9.17) is 4.74 Å². The maximum atomic E-state index is 12.6. The number of hydrogen-bond acceptors (Lipinski definition) is 3. The van der Waals surface area contributed by atoms with Crippen LogP contribution in [0.2, 0.25) is 0 Å². The Morgan fingerprint density at radius 3 is 2.43 bits per heavy atom. The van der Waals surface area contributed by atoms with E-state index in [-0.39, 0.29) is 17.5 Å². The molecule has 4 heteroatoms. The van der Waals surface area contributed by atoms with Crippen LogP contribution in [0.4, 0.5) is 5.69 Å². The van der Waals surface area contributed by atoms with Crippen molar-refractivity contribution >= 4 is 11.6 Å². The Morgan fingerprint density at radius 1 is 1.14 bits per heavy atom. The number of carbonyl (C=O) groups excluding carboxylic acids is 1. The minimum atomic E-state index is -0.323. The van der Waals surface area contributed by atoms with E-state index >= 15 is 0 Å². The summed E-state index contributed by atoms with van der Waals surface area (Å²) in [5, 5.41) is 0. The van der Waals surface area contributed by atoms with E-state index in [0.29, 0.717) is 0 Å². The molecule has 1 atom stereocenters. The molecule has 0 radical (unpaired) electrons. The molecule has 21 heavy (non-hydrogen) atoms. The lowest BCUT2D eigenvalue weighted by Crippen LogP contribution is -2.74. The lowest BCUT2D eigenvalue weighted by Gasteiger charge is -2.57. The van der Waals surface area contributed by atoms with E-state index in [9.17, 15) is 4.79 Å². The Hall–Kier alpha value is -1.39. The Labute approximate surface area is 126 Å². The minimum absolute atomic E-state index is 0.135. The molecule has 1 aromatic carbocycles. The fraction of sp³-hybridized carbons (Fsp3) is 0.588. The molecule has 0 saturated carbocycles. The molecule has 2 saturated heterocycles.